The summed E-state index contributed by atoms with van der Waals surface area (Å²) in [6, 6.07) is 17.0. The standard InChI is InChI=1S/C21H25N3O3/c1-2-22-19(25)14-27-18-10-8-17(9-11-18)24-20(26)23-15-21(12-13-21)16-6-4-3-5-7-16/h3-11H,2,12-15H2,1H3,(H,22,25)(H2,23,24,26). The Kier molecular flexibility index (Phi) is 5.96. The van der Waals surface area contributed by atoms with Gasteiger partial charge in [-0.3, -0.25) is 4.79 Å². The van der Waals surface area contributed by atoms with Crippen LogP contribution in [0.25, 0.3) is 0 Å². The fourth-order valence-corrected chi connectivity index (χ4v) is 2.97. The lowest BCUT2D eigenvalue weighted by molar-refractivity contribution is -0.122. The molecule has 6 nitrogen and oxygen atoms in total. The monoisotopic (exact) mass is 367 g/mol. The molecule has 0 aliphatic heterocycles. The topological polar surface area (TPSA) is 79.5 Å². The van der Waals surface area contributed by atoms with Crippen LogP contribution in [0, 0.1) is 0 Å². The number of urea groups is 1. The highest BCUT2D eigenvalue weighted by molar-refractivity contribution is 5.89. The van der Waals surface area contributed by atoms with E-state index in [1.807, 2.05) is 25.1 Å². The zero-order chi connectivity index (χ0) is 19.1. The molecule has 3 amide bonds. The summed E-state index contributed by atoms with van der Waals surface area (Å²) in [5, 5.41) is 8.46. The molecule has 0 radical (unpaired) electrons. The Morgan fingerprint density at radius 3 is 2.33 bits per heavy atom. The van der Waals surface area contributed by atoms with Crippen LogP contribution in [-0.4, -0.2) is 31.6 Å². The smallest absolute Gasteiger partial charge is 0.319 e. The lowest BCUT2D eigenvalue weighted by atomic mass is 9.96. The van der Waals surface area contributed by atoms with Gasteiger partial charge >= 0.3 is 6.03 Å². The normalized spacial score (nSPS) is 14.1. The van der Waals surface area contributed by atoms with E-state index in [-0.39, 0.29) is 24.0 Å². The van der Waals surface area contributed by atoms with E-state index in [9.17, 15) is 9.59 Å². The molecule has 2 aromatic rings. The minimum absolute atomic E-state index is 0.0251. The Hall–Kier alpha value is -3.02. The summed E-state index contributed by atoms with van der Waals surface area (Å²) in [6.07, 6.45) is 2.18. The predicted octanol–water partition coefficient (Wildman–Crippen LogP) is 3.05. The van der Waals surface area contributed by atoms with E-state index in [1.54, 1.807) is 24.3 Å². The molecule has 1 saturated carbocycles. The zero-order valence-electron chi connectivity index (χ0n) is 15.5. The van der Waals surface area contributed by atoms with Crippen LogP contribution in [0.15, 0.2) is 54.6 Å². The van der Waals surface area contributed by atoms with Gasteiger partial charge in [0, 0.05) is 24.2 Å². The summed E-state index contributed by atoms with van der Waals surface area (Å²) in [6.45, 7) is 3.03. The Bertz CT molecular complexity index is 771. The van der Waals surface area contributed by atoms with Gasteiger partial charge in [0.25, 0.3) is 5.91 Å². The molecule has 0 heterocycles. The first-order valence-electron chi connectivity index (χ1n) is 9.21. The predicted molar refractivity (Wildman–Crippen MR) is 105 cm³/mol. The van der Waals surface area contributed by atoms with Crippen LogP contribution in [0.5, 0.6) is 5.75 Å². The average Bonchev–Trinajstić information content (AvgIpc) is 3.48. The Labute approximate surface area is 159 Å². The van der Waals surface area contributed by atoms with Crippen molar-refractivity contribution in [1.29, 1.82) is 0 Å². The fourth-order valence-electron chi connectivity index (χ4n) is 2.97. The van der Waals surface area contributed by atoms with Gasteiger partial charge in [-0.15, -0.1) is 0 Å². The first-order valence-corrected chi connectivity index (χ1v) is 9.21. The molecule has 1 aliphatic carbocycles. The molecule has 1 fully saturated rings. The molecule has 2 aromatic carbocycles. The minimum atomic E-state index is -0.229. The summed E-state index contributed by atoms with van der Waals surface area (Å²) < 4.78 is 5.39. The number of rotatable bonds is 8. The van der Waals surface area contributed by atoms with Crippen molar-refractivity contribution in [2.45, 2.75) is 25.2 Å². The molecule has 3 N–H and O–H groups in total. The minimum Gasteiger partial charge on any atom is -0.484 e. The van der Waals surface area contributed by atoms with E-state index in [0.717, 1.165) is 12.8 Å². The quantitative estimate of drug-likeness (QED) is 0.671. The number of nitrogens with one attached hydrogen (secondary N) is 3. The number of benzene rings is 2. The van der Waals surface area contributed by atoms with Crippen molar-refractivity contribution in [3.05, 3.63) is 60.2 Å². The van der Waals surface area contributed by atoms with Gasteiger partial charge in [0.15, 0.2) is 6.61 Å². The molecule has 0 bridgehead atoms. The van der Waals surface area contributed by atoms with E-state index < -0.39 is 0 Å². The summed E-state index contributed by atoms with van der Waals surface area (Å²) in [5.74, 6) is 0.416. The number of carbonyl (C=O) groups excluding carboxylic acids is 2. The third-order valence-electron chi connectivity index (χ3n) is 4.68. The summed E-state index contributed by atoms with van der Waals surface area (Å²) in [4.78, 5) is 23.6. The molecule has 27 heavy (non-hydrogen) atoms. The van der Waals surface area contributed by atoms with Crippen LogP contribution in [0.3, 0.4) is 0 Å². The largest absolute Gasteiger partial charge is 0.484 e. The summed E-state index contributed by atoms with van der Waals surface area (Å²) in [5.41, 5.74) is 2.02. The lowest BCUT2D eigenvalue weighted by Gasteiger charge is -2.17. The highest BCUT2D eigenvalue weighted by atomic mass is 16.5. The maximum Gasteiger partial charge on any atom is 0.319 e. The van der Waals surface area contributed by atoms with Crippen LogP contribution < -0.4 is 20.7 Å². The van der Waals surface area contributed by atoms with Crippen molar-refractivity contribution >= 4 is 17.6 Å². The lowest BCUT2D eigenvalue weighted by Crippen LogP contribution is -2.35. The Morgan fingerprint density at radius 2 is 1.70 bits per heavy atom. The molecule has 1 aliphatic rings. The molecule has 3 rings (SSSR count). The molecule has 0 saturated heterocycles. The molecule has 0 atom stereocenters. The number of carbonyl (C=O) groups is 2. The maximum absolute atomic E-state index is 12.2. The molecular formula is C21H25N3O3. The third-order valence-corrected chi connectivity index (χ3v) is 4.68. The SMILES string of the molecule is CCNC(=O)COc1ccc(NC(=O)NCC2(c3ccccc3)CC2)cc1. The number of likely N-dealkylation sites (N-methyl/N-ethyl adjacent to an activating group) is 1. The first-order chi connectivity index (χ1) is 13.1. The van der Waals surface area contributed by atoms with Crippen molar-refractivity contribution in [2.75, 3.05) is 25.0 Å². The Morgan fingerprint density at radius 1 is 1.00 bits per heavy atom. The molecule has 0 unspecified atom stereocenters. The average molecular weight is 367 g/mol. The second-order valence-electron chi connectivity index (χ2n) is 6.72. The summed E-state index contributed by atoms with van der Waals surface area (Å²) >= 11 is 0. The van der Waals surface area contributed by atoms with Crippen LogP contribution in [0.4, 0.5) is 10.5 Å². The highest BCUT2D eigenvalue weighted by Gasteiger charge is 2.44. The van der Waals surface area contributed by atoms with Crippen molar-refractivity contribution in [1.82, 2.24) is 10.6 Å². The van der Waals surface area contributed by atoms with Gasteiger partial charge in [-0.05, 0) is 49.6 Å². The van der Waals surface area contributed by atoms with Gasteiger partial charge in [-0.2, -0.15) is 0 Å². The van der Waals surface area contributed by atoms with Crippen molar-refractivity contribution in [3.8, 4) is 5.75 Å². The van der Waals surface area contributed by atoms with Gasteiger partial charge in [0.2, 0.25) is 0 Å². The van der Waals surface area contributed by atoms with Crippen molar-refractivity contribution in [2.24, 2.45) is 0 Å². The van der Waals surface area contributed by atoms with Crippen LogP contribution in [0.1, 0.15) is 25.3 Å². The van der Waals surface area contributed by atoms with Crippen molar-refractivity contribution in [3.63, 3.8) is 0 Å². The van der Waals surface area contributed by atoms with Gasteiger partial charge < -0.3 is 20.7 Å². The number of anilines is 1. The van der Waals surface area contributed by atoms with E-state index >= 15 is 0 Å². The van der Waals surface area contributed by atoms with E-state index in [1.165, 1.54) is 5.56 Å². The van der Waals surface area contributed by atoms with E-state index in [4.69, 9.17) is 4.74 Å². The van der Waals surface area contributed by atoms with E-state index in [2.05, 4.69) is 28.1 Å². The molecule has 0 spiro atoms. The van der Waals surface area contributed by atoms with Gasteiger partial charge in [-0.1, -0.05) is 30.3 Å². The number of amides is 3. The van der Waals surface area contributed by atoms with Crippen LogP contribution in [0.2, 0.25) is 0 Å². The van der Waals surface area contributed by atoms with E-state index in [0.29, 0.717) is 24.5 Å². The number of hydrogen-bond acceptors (Lipinski definition) is 3. The number of ether oxygens (including phenoxy) is 1. The zero-order valence-corrected chi connectivity index (χ0v) is 15.5. The molecule has 0 aromatic heterocycles. The fraction of sp³-hybridized carbons (Fsp3) is 0.333. The second kappa shape index (κ2) is 8.58. The van der Waals surface area contributed by atoms with Crippen LogP contribution >= 0.6 is 0 Å². The number of hydrogen-bond donors (Lipinski definition) is 3. The molecule has 142 valence electrons. The maximum atomic E-state index is 12.2. The van der Waals surface area contributed by atoms with Gasteiger partial charge in [0.05, 0.1) is 0 Å². The molecule has 6 heteroatoms. The third kappa shape index (κ3) is 5.23. The van der Waals surface area contributed by atoms with Gasteiger partial charge in [0.1, 0.15) is 5.75 Å². The second-order valence-corrected chi connectivity index (χ2v) is 6.72. The van der Waals surface area contributed by atoms with Crippen LogP contribution in [-0.2, 0) is 10.2 Å². The van der Waals surface area contributed by atoms with Crippen molar-refractivity contribution < 1.29 is 14.3 Å². The Balaban J connectivity index is 1.45. The first kappa shape index (κ1) is 18.8. The summed E-state index contributed by atoms with van der Waals surface area (Å²) in [7, 11) is 0. The molecular weight excluding hydrogens is 342 g/mol. The highest BCUT2D eigenvalue weighted by Crippen LogP contribution is 2.47. The van der Waals surface area contributed by atoms with Gasteiger partial charge in [-0.25, -0.2) is 4.79 Å².